The largest absolute Gasteiger partial charge is 0.471 e. The summed E-state index contributed by atoms with van der Waals surface area (Å²) >= 11 is 4.97. The van der Waals surface area contributed by atoms with Crippen LogP contribution in [0.15, 0.2) is 24.3 Å². The molecule has 0 bridgehead atoms. The number of non-ortho nitro benzene ring substituents is 1. The SMILES string of the molecule is CCCCOC(=S)Nc1ccc([N+](=O)[O-])cc1. The van der Waals surface area contributed by atoms with Gasteiger partial charge in [0.2, 0.25) is 0 Å². The predicted octanol–water partition coefficient (Wildman–Crippen LogP) is 3.11. The summed E-state index contributed by atoms with van der Waals surface area (Å²) in [6, 6.07) is 6.01. The summed E-state index contributed by atoms with van der Waals surface area (Å²) < 4.78 is 5.25. The Hall–Kier alpha value is -1.69. The smallest absolute Gasteiger partial charge is 0.269 e. The van der Waals surface area contributed by atoms with Crippen LogP contribution >= 0.6 is 12.2 Å². The second kappa shape index (κ2) is 6.80. The number of anilines is 1. The second-order valence-electron chi connectivity index (χ2n) is 3.42. The van der Waals surface area contributed by atoms with Crippen LogP contribution in [0.1, 0.15) is 19.8 Å². The first-order chi connectivity index (χ1) is 8.13. The van der Waals surface area contributed by atoms with Gasteiger partial charge in [-0.15, -0.1) is 0 Å². The number of thiocarbonyl (C=S) groups is 1. The van der Waals surface area contributed by atoms with Crippen LogP contribution < -0.4 is 5.32 Å². The molecular formula is C11H14N2O3S. The molecule has 0 aliphatic heterocycles. The number of nitro benzene ring substituents is 1. The number of ether oxygens (including phenoxy) is 1. The molecular weight excluding hydrogens is 240 g/mol. The quantitative estimate of drug-likeness (QED) is 0.378. The van der Waals surface area contributed by atoms with Crippen LogP contribution in [0.4, 0.5) is 11.4 Å². The van der Waals surface area contributed by atoms with Gasteiger partial charge in [0, 0.05) is 17.8 Å². The summed E-state index contributed by atoms with van der Waals surface area (Å²) in [5.41, 5.74) is 0.727. The van der Waals surface area contributed by atoms with Crippen molar-refractivity contribution in [1.29, 1.82) is 0 Å². The van der Waals surface area contributed by atoms with Gasteiger partial charge < -0.3 is 10.1 Å². The molecule has 0 radical (unpaired) electrons. The summed E-state index contributed by atoms with van der Waals surface area (Å²) in [6.07, 6.45) is 1.99. The zero-order valence-electron chi connectivity index (χ0n) is 9.51. The van der Waals surface area contributed by atoms with E-state index in [4.69, 9.17) is 17.0 Å². The van der Waals surface area contributed by atoms with Crippen molar-refractivity contribution >= 4 is 28.8 Å². The maximum Gasteiger partial charge on any atom is 0.269 e. The number of nitro groups is 1. The Balaban J connectivity index is 2.46. The monoisotopic (exact) mass is 254 g/mol. The van der Waals surface area contributed by atoms with E-state index in [0.29, 0.717) is 12.3 Å². The van der Waals surface area contributed by atoms with Gasteiger partial charge in [-0.25, -0.2) is 0 Å². The highest BCUT2D eigenvalue weighted by Crippen LogP contribution is 2.15. The minimum Gasteiger partial charge on any atom is -0.471 e. The first-order valence-corrected chi connectivity index (χ1v) is 5.72. The van der Waals surface area contributed by atoms with E-state index in [1.807, 2.05) is 0 Å². The summed E-state index contributed by atoms with van der Waals surface area (Å²) in [7, 11) is 0. The number of rotatable bonds is 5. The molecule has 0 atom stereocenters. The van der Waals surface area contributed by atoms with Crippen molar-refractivity contribution in [3.63, 3.8) is 0 Å². The molecule has 92 valence electrons. The highest BCUT2D eigenvalue weighted by atomic mass is 32.1. The lowest BCUT2D eigenvalue weighted by molar-refractivity contribution is -0.384. The number of unbranched alkanes of at least 4 members (excludes halogenated alkanes) is 1. The van der Waals surface area contributed by atoms with Gasteiger partial charge in [0.05, 0.1) is 11.5 Å². The van der Waals surface area contributed by atoms with Gasteiger partial charge in [0.25, 0.3) is 10.9 Å². The third-order valence-electron chi connectivity index (χ3n) is 2.06. The minimum absolute atomic E-state index is 0.0494. The molecule has 5 nitrogen and oxygen atoms in total. The van der Waals surface area contributed by atoms with E-state index >= 15 is 0 Å². The average molecular weight is 254 g/mol. The van der Waals surface area contributed by atoms with Crippen molar-refractivity contribution in [2.24, 2.45) is 0 Å². The summed E-state index contributed by atoms with van der Waals surface area (Å²) in [4.78, 5) is 10.00. The number of benzene rings is 1. The molecule has 0 amide bonds. The molecule has 1 aromatic rings. The van der Waals surface area contributed by atoms with Crippen LogP contribution in [0.25, 0.3) is 0 Å². The molecule has 1 aromatic carbocycles. The number of hydrogen-bond acceptors (Lipinski definition) is 4. The van der Waals surface area contributed by atoms with Crippen molar-refractivity contribution < 1.29 is 9.66 Å². The van der Waals surface area contributed by atoms with Crippen molar-refractivity contribution in [3.05, 3.63) is 34.4 Å². The number of nitrogens with one attached hydrogen (secondary N) is 1. The van der Waals surface area contributed by atoms with Crippen LogP contribution in [-0.2, 0) is 4.74 Å². The Kier molecular flexibility index (Phi) is 5.35. The van der Waals surface area contributed by atoms with Crippen LogP contribution in [-0.4, -0.2) is 16.7 Å². The summed E-state index contributed by atoms with van der Waals surface area (Å²) in [5, 5.41) is 13.6. The molecule has 0 unspecified atom stereocenters. The highest BCUT2D eigenvalue weighted by molar-refractivity contribution is 7.80. The van der Waals surface area contributed by atoms with Gasteiger partial charge in [-0.2, -0.15) is 0 Å². The standard InChI is InChI=1S/C11H14N2O3S/c1-2-3-8-16-11(17)12-9-4-6-10(7-5-9)13(14)15/h4-7H,2-3,8H2,1H3,(H,12,17). The molecule has 0 fully saturated rings. The molecule has 0 spiro atoms. The molecule has 0 aliphatic carbocycles. The third-order valence-corrected chi connectivity index (χ3v) is 2.28. The fraction of sp³-hybridized carbons (Fsp3) is 0.364. The number of hydrogen-bond donors (Lipinski definition) is 1. The topological polar surface area (TPSA) is 64.4 Å². The van der Waals surface area contributed by atoms with Gasteiger partial charge in [-0.05, 0) is 30.8 Å². The van der Waals surface area contributed by atoms with E-state index in [0.717, 1.165) is 12.8 Å². The van der Waals surface area contributed by atoms with Gasteiger partial charge in [0.1, 0.15) is 0 Å². The molecule has 1 N–H and O–H groups in total. The first kappa shape index (κ1) is 13.4. The average Bonchev–Trinajstić information content (AvgIpc) is 2.30. The zero-order valence-corrected chi connectivity index (χ0v) is 10.3. The van der Waals surface area contributed by atoms with Gasteiger partial charge in [0.15, 0.2) is 0 Å². The van der Waals surface area contributed by atoms with Crippen LogP contribution in [0, 0.1) is 10.1 Å². The van der Waals surface area contributed by atoms with E-state index in [-0.39, 0.29) is 10.9 Å². The lowest BCUT2D eigenvalue weighted by Crippen LogP contribution is -2.13. The fourth-order valence-electron chi connectivity index (χ4n) is 1.13. The molecule has 0 aliphatic rings. The maximum absolute atomic E-state index is 10.4. The lowest BCUT2D eigenvalue weighted by atomic mass is 10.3. The predicted molar refractivity (Wildman–Crippen MR) is 70.2 cm³/mol. The van der Waals surface area contributed by atoms with Crippen LogP contribution in [0.2, 0.25) is 0 Å². The minimum atomic E-state index is -0.445. The first-order valence-electron chi connectivity index (χ1n) is 5.31. The van der Waals surface area contributed by atoms with Gasteiger partial charge in [-0.3, -0.25) is 10.1 Å². The fourth-order valence-corrected chi connectivity index (χ4v) is 1.33. The Morgan fingerprint density at radius 1 is 1.47 bits per heavy atom. The molecule has 6 heteroatoms. The molecule has 0 saturated carbocycles. The normalized spacial score (nSPS) is 9.71. The van der Waals surface area contributed by atoms with Crippen molar-refractivity contribution in [2.75, 3.05) is 11.9 Å². The van der Waals surface area contributed by atoms with Crippen molar-refractivity contribution in [3.8, 4) is 0 Å². The summed E-state index contributed by atoms with van der Waals surface area (Å²) in [6.45, 7) is 2.64. The van der Waals surface area contributed by atoms with E-state index < -0.39 is 4.92 Å². The maximum atomic E-state index is 10.4. The Bertz CT molecular complexity index is 392. The van der Waals surface area contributed by atoms with Crippen LogP contribution in [0.5, 0.6) is 0 Å². The Labute approximate surface area is 105 Å². The Morgan fingerprint density at radius 2 is 2.12 bits per heavy atom. The molecule has 0 heterocycles. The lowest BCUT2D eigenvalue weighted by Gasteiger charge is -2.08. The summed E-state index contributed by atoms with van der Waals surface area (Å²) in [5.74, 6) is 0. The molecule has 17 heavy (non-hydrogen) atoms. The van der Waals surface area contributed by atoms with Gasteiger partial charge >= 0.3 is 0 Å². The van der Waals surface area contributed by atoms with Crippen molar-refractivity contribution in [1.82, 2.24) is 0 Å². The third kappa shape index (κ3) is 4.78. The van der Waals surface area contributed by atoms with E-state index in [1.165, 1.54) is 12.1 Å². The molecule has 1 rings (SSSR count). The van der Waals surface area contributed by atoms with Crippen LogP contribution in [0.3, 0.4) is 0 Å². The number of nitrogens with zero attached hydrogens (tertiary/aromatic N) is 1. The van der Waals surface area contributed by atoms with Gasteiger partial charge in [-0.1, -0.05) is 13.3 Å². The molecule has 0 aromatic heterocycles. The second-order valence-corrected chi connectivity index (χ2v) is 3.79. The Morgan fingerprint density at radius 3 is 2.65 bits per heavy atom. The van der Waals surface area contributed by atoms with E-state index in [2.05, 4.69) is 12.2 Å². The van der Waals surface area contributed by atoms with Crippen molar-refractivity contribution in [2.45, 2.75) is 19.8 Å². The highest BCUT2D eigenvalue weighted by Gasteiger charge is 2.04. The van der Waals surface area contributed by atoms with E-state index in [1.54, 1.807) is 12.1 Å². The molecule has 0 saturated heterocycles. The zero-order chi connectivity index (χ0) is 12.7. The van der Waals surface area contributed by atoms with E-state index in [9.17, 15) is 10.1 Å².